The average Bonchev–Trinajstić information content (AvgIpc) is 3.05. The maximum Gasteiger partial charge on any atom is 0.305 e. The maximum absolute atomic E-state index is 11.8. The number of esters is 2. The van der Waals surface area contributed by atoms with Crippen LogP contribution in [0.2, 0.25) is 0 Å². The molecule has 0 N–H and O–H groups in total. The first-order valence-corrected chi connectivity index (χ1v) is 10.2. The SMILES string of the molecule is C#CC1(COCc2ccccc2)OC(OC(C)=O)C(OC(C)=O)C1OCc1ccccc1. The summed E-state index contributed by atoms with van der Waals surface area (Å²) in [5.41, 5.74) is 0.401. The molecule has 4 unspecified atom stereocenters. The van der Waals surface area contributed by atoms with E-state index in [1.54, 1.807) is 0 Å². The number of ether oxygens (including phenoxy) is 5. The molecule has 0 bridgehead atoms. The summed E-state index contributed by atoms with van der Waals surface area (Å²) < 4.78 is 28.6. The minimum Gasteiger partial charge on any atom is -0.453 e. The van der Waals surface area contributed by atoms with E-state index in [1.807, 2.05) is 60.7 Å². The monoisotopic (exact) mass is 438 g/mol. The molecule has 32 heavy (non-hydrogen) atoms. The highest BCUT2D eigenvalue weighted by atomic mass is 16.8. The number of rotatable bonds is 9. The van der Waals surface area contributed by atoms with Crippen LogP contribution in [0.4, 0.5) is 0 Å². The molecule has 1 saturated heterocycles. The summed E-state index contributed by atoms with van der Waals surface area (Å²) in [4.78, 5) is 23.4. The Morgan fingerprint density at radius 3 is 2.03 bits per heavy atom. The molecule has 2 aromatic carbocycles. The summed E-state index contributed by atoms with van der Waals surface area (Å²) in [6.45, 7) is 2.89. The first-order valence-electron chi connectivity index (χ1n) is 10.2. The van der Waals surface area contributed by atoms with Gasteiger partial charge in [0.1, 0.15) is 6.10 Å². The Morgan fingerprint density at radius 2 is 1.50 bits per heavy atom. The van der Waals surface area contributed by atoms with Crippen molar-refractivity contribution in [1.29, 1.82) is 0 Å². The molecule has 1 heterocycles. The van der Waals surface area contributed by atoms with Crippen molar-refractivity contribution in [3.8, 4) is 12.3 Å². The van der Waals surface area contributed by atoms with Crippen LogP contribution < -0.4 is 0 Å². The predicted octanol–water partition coefficient (Wildman–Crippen LogP) is 3.01. The third kappa shape index (κ3) is 5.95. The van der Waals surface area contributed by atoms with Crippen LogP contribution in [0.1, 0.15) is 25.0 Å². The van der Waals surface area contributed by atoms with E-state index in [1.165, 1.54) is 13.8 Å². The van der Waals surface area contributed by atoms with E-state index in [2.05, 4.69) is 5.92 Å². The van der Waals surface area contributed by atoms with Crippen LogP contribution in [-0.2, 0) is 46.5 Å². The number of carbonyl (C=O) groups is 2. The largest absolute Gasteiger partial charge is 0.453 e. The molecule has 0 radical (unpaired) electrons. The van der Waals surface area contributed by atoms with Gasteiger partial charge in [-0.05, 0) is 11.1 Å². The van der Waals surface area contributed by atoms with Gasteiger partial charge in [-0.25, -0.2) is 0 Å². The third-order valence-electron chi connectivity index (χ3n) is 4.88. The molecule has 168 valence electrons. The second-order valence-corrected chi connectivity index (χ2v) is 7.40. The highest BCUT2D eigenvalue weighted by Crippen LogP contribution is 2.37. The summed E-state index contributed by atoms with van der Waals surface area (Å²) >= 11 is 0. The Balaban J connectivity index is 1.84. The zero-order valence-corrected chi connectivity index (χ0v) is 18.1. The van der Waals surface area contributed by atoms with E-state index >= 15 is 0 Å². The second kappa shape index (κ2) is 10.9. The zero-order chi connectivity index (χ0) is 23.0. The van der Waals surface area contributed by atoms with Crippen molar-refractivity contribution in [3.63, 3.8) is 0 Å². The van der Waals surface area contributed by atoms with Gasteiger partial charge in [-0.15, -0.1) is 6.42 Å². The average molecular weight is 438 g/mol. The quantitative estimate of drug-likeness (QED) is 0.440. The number of hydrogen-bond donors (Lipinski definition) is 0. The van der Waals surface area contributed by atoms with Crippen molar-refractivity contribution >= 4 is 11.9 Å². The van der Waals surface area contributed by atoms with E-state index in [0.717, 1.165) is 11.1 Å². The summed E-state index contributed by atoms with van der Waals surface area (Å²) in [6, 6.07) is 19.0. The van der Waals surface area contributed by atoms with Gasteiger partial charge < -0.3 is 23.7 Å². The van der Waals surface area contributed by atoms with Gasteiger partial charge >= 0.3 is 11.9 Å². The van der Waals surface area contributed by atoms with E-state index < -0.39 is 36.0 Å². The number of benzene rings is 2. The van der Waals surface area contributed by atoms with Crippen molar-refractivity contribution in [1.82, 2.24) is 0 Å². The van der Waals surface area contributed by atoms with Crippen LogP contribution in [-0.4, -0.2) is 42.6 Å². The van der Waals surface area contributed by atoms with Crippen molar-refractivity contribution in [2.75, 3.05) is 6.61 Å². The summed E-state index contributed by atoms with van der Waals surface area (Å²) in [7, 11) is 0. The molecule has 3 rings (SSSR count). The van der Waals surface area contributed by atoms with Gasteiger partial charge in [0.15, 0.2) is 11.7 Å². The molecule has 4 atom stereocenters. The number of hydrogen-bond acceptors (Lipinski definition) is 7. The number of carbonyl (C=O) groups excluding carboxylic acids is 2. The van der Waals surface area contributed by atoms with Crippen LogP contribution in [0.15, 0.2) is 60.7 Å². The van der Waals surface area contributed by atoms with E-state index in [9.17, 15) is 9.59 Å². The van der Waals surface area contributed by atoms with Gasteiger partial charge in [-0.3, -0.25) is 9.59 Å². The normalized spacial score (nSPS) is 24.5. The third-order valence-corrected chi connectivity index (χ3v) is 4.88. The lowest BCUT2D eigenvalue weighted by Crippen LogP contribution is -2.48. The molecule has 7 nitrogen and oxygen atoms in total. The van der Waals surface area contributed by atoms with Gasteiger partial charge in [0.25, 0.3) is 0 Å². The molecule has 1 aliphatic rings. The highest BCUT2D eigenvalue weighted by Gasteiger charge is 2.59. The van der Waals surface area contributed by atoms with Crippen LogP contribution in [0.25, 0.3) is 0 Å². The topological polar surface area (TPSA) is 80.3 Å². The maximum atomic E-state index is 11.8. The molecule has 2 aromatic rings. The van der Waals surface area contributed by atoms with Gasteiger partial charge in [0.2, 0.25) is 6.29 Å². The van der Waals surface area contributed by atoms with Crippen LogP contribution in [0, 0.1) is 12.3 Å². The summed E-state index contributed by atoms with van der Waals surface area (Å²) in [5.74, 6) is 1.42. The van der Waals surface area contributed by atoms with Crippen LogP contribution >= 0.6 is 0 Å². The Bertz CT molecular complexity index is 938. The van der Waals surface area contributed by atoms with Gasteiger partial charge in [-0.2, -0.15) is 0 Å². The Morgan fingerprint density at radius 1 is 0.938 bits per heavy atom. The fourth-order valence-corrected chi connectivity index (χ4v) is 3.47. The zero-order valence-electron chi connectivity index (χ0n) is 18.1. The van der Waals surface area contributed by atoms with Gasteiger partial charge in [-0.1, -0.05) is 66.6 Å². The van der Waals surface area contributed by atoms with E-state index in [0.29, 0.717) is 0 Å². The van der Waals surface area contributed by atoms with E-state index in [4.69, 9.17) is 30.1 Å². The molecule has 0 amide bonds. The van der Waals surface area contributed by atoms with Crippen molar-refractivity contribution in [3.05, 3.63) is 71.8 Å². The summed E-state index contributed by atoms with van der Waals surface area (Å²) in [5, 5.41) is 0. The Labute approximate surface area is 187 Å². The fraction of sp³-hybridized carbons (Fsp3) is 0.360. The molecule has 1 fully saturated rings. The molecule has 0 saturated carbocycles. The Hall–Kier alpha value is -3.18. The van der Waals surface area contributed by atoms with Crippen LogP contribution in [0.3, 0.4) is 0 Å². The molecular weight excluding hydrogens is 412 g/mol. The smallest absolute Gasteiger partial charge is 0.305 e. The highest BCUT2D eigenvalue weighted by molar-refractivity contribution is 5.67. The first kappa shape index (κ1) is 23.5. The lowest BCUT2D eigenvalue weighted by Gasteiger charge is -2.30. The fourth-order valence-electron chi connectivity index (χ4n) is 3.47. The van der Waals surface area contributed by atoms with E-state index in [-0.39, 0.29) is 19.8 Å². The minimum atomic E-state index is -1.44. The molecule has 7 heteroatoms. The molecule has 0 aromatic heterocycles. The molecular formula is C25H26O7. The van der Waals surface area contributed by atoms with Crippen molar-refractivity contribution in [2.24, 2.45) is 0 Å². The molecule has 0 aliphatic carbocycles. The lowest BCUT2D eigenvalue weighted by atomic mass is 9.96. The van der Waals surface area contributed by atoms with Crippen molar-refractivity contribution in [2.45, 2.75) is 51.2 Å². The Kier molecular flexibility index (Phi) is 8.01. The van der Waals surface area contributed by atoms with Gasteiger partial charge in [0.05, 0.1) is 19.8 Å². The standard InChI is InChI=1S/C25H26O7/c1-4-25(17-28-15-20-11-7-5-8-12-20)23(29-16-21-13-9-6-10-14-21)22(30-18(2)26)24(32-25)31-19(3)27/h1,5-14,22-24H,15-17H2,2-3H3. The van der Waals surface area contributed by atoms with Crippen LogP contribution in [0.5, 0.6) is 0 Å². The molecule has 1 aliphatic heterocycles. The minimum absolute atomic E-state index is 0.0621. The first-order chi connectivity index (χ1) is 15.4. The molecule has 0 spiro atoms. The second-order valence-electron chi connectivity index (χ2n) is 7.40. The summed E-state index contributed by atoms with van der Waals surface area (Å²) in [6.07, 6.45) is 2.66. The predicted molar refractivity (Wildman–Crippen MR) is 115 cm³/mol. The van der Waals surface area contributed by atoms with Gasteiger partial charge in [0, 0.05) is 13.8 Å². The number of terminal acetylenes is 1. The van der Waals surface area contributed by atoms with Crippen molar-refractivity contribution < 1.29 is 33.3 Å². The lowest BCUT2D eigenvalue weighted by molar-refractivity contribution is -0.203.